The molecule has 2 N–H and O–H groups in total. The van der Waals surface area contributed by atoms with E-state index in [-0.39, 0.29) is 9.79 Å². The number of rotatable bonds is 16. The van der Waals surface area contributed by atoms with Gasteiger partial charge in [-0.25, -0.2) is 26.3 Å². The number of unbranched alkanes of at least 4 members (excludes halogenated alkanes) is 4. The molecule has 0 amide bonds. The number of nitrogens with one attached hydrogen (secondary N) is 2. The summed E-state index contributed by atoms with van der Waals surface area (Å²) in [7, 11) is -7.73. The molecule has 0 radical (unpaired) electrons. The van der Waals surface area contributed by atoms with Gasteiger partial charge in [0.05, 0.1) is 21.9 Å². The zero-order valence-electron chi connectivity index (χ0n) is 25.4. The third-order valence-electron chi connectivity index (χ3n) is 7.47. The Morgan fingerprint density at radius 2 is 1.00 bits per heavy atom. The number of ether oxygens (including phenoxy) is 2. The fraction of sp³-hybridized carbons (Fsp3) is 0.613. The molecule has 2 aromatic carbocycles. The summed E-state index contributed by atoms with van der Waals surface area (Å²) in [6.07, 6.45) is 5.07. The Morgan fingerprint density at radius 3 is 1.32 bits per heavy atom. The number of hydrogen-bond acceptors (Lipinski definition) is 6. The SMILES string of the molecule is CCCCC[C@H](NS(=O)(=O)c1ccc(C)cc1)[C@H]1OC(C)(C)O[C@@H]1[C@H](CCCCC)NS(=O)(=O)c1ccc(C)cc1. The molecule has 0 aliphatic carbocycles. The summed E-state index contributed by atoms with van der Waals surface area (Å²) in [5.41, 5.74) is 1.93. The minimum atomic E-state index is -3.86. The van der Waals surface area contributed by atoms with Gasteiger partial charge in [0.2, 0.25) is 20.0 Å². The van der Waals surface area contributed by atoms with Gasteiger partial charge in [-0.1, -0.05) is 87.8 Å². The van der Waals surface area contributed by atoms with Crippen LogP contribution in [0.1, 0.15) is 90.2 Å². The molecule has 1 aliphatic rings. The maximum Gasteiger partial charge on any atom is 0.240 e. The Balaban J connectivity index is 1.97. The highest BCUT2D eigenvalue weighted by Crippen LogP contribution is 2.35. The lowest BCUT2D eigenvalue weighted by Crippen LogP contribution is -2.54. The van der Waals surface area contributed by atoms with E-state index < -0.39 is 50.1 Å². The second-order valence-corrected chi connectivity index (χ2v) is 15.1. The van der Waals surface area contributed by atoms with E-state index >= 15 is 0 Å². The third kappa shape index (κ3) is 9.59. The molecule has 41 heavy (non-hydrogen) atoms. The predicted octanol–water partition coefficient (Wildman–Crippen LogP) is 5.98. The smallest absolute Gasteiger partial charge is 0.240 e. The van der Waals surface area contributed by atoms with Crippen LogP contribution in [0.25, 0.3) is 0 Å². The highest BCUT2D eigenvalue weighted by atomic mass is 32.2. The lowest BCUT2D eigenvalue weighted by Gasteiger charge is -2.32. The molecule has 0 unspecified atom stereocenters. The van der Waals surface area contributed by atoms with Crippen molar-refractivity contribution in [2.45, 2.75) is 133 Å². The van der Waals surface area contributed by atoms with Crippen LogP contribution in [0, 0.1) is 13.8 Å². The maximum absolute atomic E-state index is 13.5. The lowest BCUT2D eigenvalue weighted by molar-refractivity contribution is -0.150. The summed E-state index contributed by atoms with van der Waals surface area (Å²) in [5, 5.41) is 0. The Labute approximate surface area is 247 Å². The second kappa shape index (κ2) is 14.6. The number of sulfonamides is 2. The fourth-order valence-electron chi connectivity index (χ4n) is 5.22. The number of hydrogen-bond donors (Lipinski definition) is 2. The Hall–Kier alpha value is -1.82. The largest absolute Gasteiger partial charge is 0.343 e. The first-order chi connectivity index (χ1) is 19.3. The van der Waals surface area contributed by atoms with Crippen LogP contribution in [0.5, 0.6) is 0 Å². The van der Waals surface area contributed by atoms with Crippen molar-refractivity contribution < 1.29 is 26.3 Å². The number of aryl methyl sites for hydroxylation is 2. The first-order valence-corrected chi connectivity index (χ1v) is 17.8. The summed E-state index contributed by atoms with van der Waals surface area (Å²) >= 11 is 0. The second-order valence-electron chi connectivity index (χ2n) is 11.6. The minimum absolute atomic E-state index is 0.179. The Kier molecular flexibility index (Phi) is 12.0. The van der Waals surface area contributed by atoms with Crippen LogP contribution < -0.4 is 9.44 Å². The molecule has 0 bridgehead atoms. The lowest BCUT2D eigenvalue weighted by atomic mass is 9.93. The molecule has 3 rings (SSSR count). The van der Waals surface area contributed by atoms with Crippen LogP contribution >= 0.6 is 0 Å². The molecule has 10 heteroatoms. The number of benzene rings is 2. The standard InChI is InChI=1S/C31H48N2O6S2/c1-7-9-11-13-27(32-40(34,35)25-19-15-23(3)16-20-25)29-30(39-31(5,6)38-29)28(14-12-10-8-2)33-41(36,37)26-21-17-24(4)18-22-26/h15-22,27-30,32-33H,7-14H2,1-6H3/t27-,28-,29+,30+/m0/s1. The molecule has 2 aromatic rings. The predicted molar refractivity (Wildman–Crippen MR) is 163 cm³/mol. The Bertz CT molecular complexity index is 1210. The summed E-state index contributed by atoms with van der Waals surface area (Å²) in [6, 6.07) is 12.2. The summed E-state index contributed by atoms with van der Waals surface area (Å²) in [6.45, 7) is 11.6. The zero-order chi connectivity index (χ0) is 30.3. The first-order valence-electron chi connectivity index (χ1n) is 14.8. The molecule has 1 fully saturated rings. The van der Waals surface area contributed by atoms with Crippen LogP contribution in [-0.4, -0.2) is 46.9 Å². The summed E-state index contributed by atoms with van der Waals surface area (Å²) in [5.74, 6) is -1.02. The summed E-state index contributed by atoms with van der Waals surface area (Å²) < 4.78 is 72.7. The van der Waals surface area contributed by atoms with Crippen molar-refractivity contribution in [3.05, 3.63) is 59.7 Å². The van der Waals surface area contributed by atoms with E-state index in [0.717, 1.165) is 49.7 Å². The topological polar surface area (TPSA) is 111 Å². The monoisotopic (exact) mass is 608 g/mol. The van der Waals surface area contributed by atoms with E-state index in [9.17, 15) is 16.8 Å². The van der Waals surface area contributed by atoms with Gasteiger partial charge in [-0.2, -0.15) is 0 Å². The van der Waals surface area contributed by atoms with Gasteiger partial charge >= 0.3 is 0 Å². The zero-order valence-corrected chi connectivity index (χ0v) is 27.0. The van der Waals surface area contributed by atoms with Crippen LogP contribution in [0.2, 0.25) is 0 Å². The van der Waals surface area contributed by atoms with Crippen molar-refractivity contribution in [3.8, 4) is 0 Å². The molecule has 4 atom stereocenters. The van der Waals surface area contributed by atoms with Gasteiger partial charge in [-0.3, -0.25) is 0 Å². The van der Waals surface area contributed by atoms with Crippen LogP contribution in [0.15, 0.2) is 58.3 Å². The quantitative estimate of drug-likeness (QED) is 0.227. The molecule has 230 valence electrons. The van der Waals surface area contributed by atoms with Gasteiger partial charge in [-0.05, 0) is 64.8 Å². The van der Waals surface area contributed by atoms with Gasteiger partial charge in [0.25, 0.3) is 0 Å². The molecule has 0 spiro atoms. The molecular weight excluding hydrogens is 560 g/mol. The Morgan fingerprint density at radius 1 is 0.659 bits per heavy atom. The van der Waals surface area contributed by atoms with Crippen LogP contribution in [0.3, 0.4) is 0 Å². The molecule has 1 aliphatic heterocycles. The van der Waals surface area contributed by atoms with E-state index in [0.29, 0.717) is 12.8 Å². The fourth-order valence-corrected chi connectivity index (χ4v) is 7.78. The average molecular weight is 609 g/mol. The van der Waals surface area contributed by atoms with Crippen molar-refractivity contribution in [1.29, 1.82) is 0 Å². The van der Waals surface area contributed by atoms with Crippen LogP contribution in [0.4, 0.5) is 0 Å². The average Bonchev–Trinajstić information content (AvgIpc) is 3.23. The van der Waals surface area contributed by atoms with E-state index in [4.69, 9.17) is 9.47 Å². The highest BCUT2D eigenvalue weighted by molar-refractivity contribution is 7.89. The van der Waals surface area contributed by atoms with Gasteiger partial charge in [-0.15, -0.1) is 0 Å². The van der Waals surface area contributed by atoms with Crippen molar-refractivity contribution in [2.24, 2.45) is 0 Å². The van der Waals surface area contributed by atoms with Crippen molar-refractivity contribution >= 4 is 20.0 Å². The summed E-state index contributed by atoms with van der Waals surface area (Å²) in [4.78, 5) is 0.357. The van der Waals surface area contributed by atoms with Gasteiger partial charge in [0.15, 0.2) is 5.79 Å². The van der Waals surface area contributed by atoms with Crippen molar-refractivity contribution in [2.75, 3.05) is 0 Å². The minimum Gasteiger partial charge on any atom is -0.343 e. The molecule has 0 saturated carbocycles. The molecule has 1 heterocycles. The van der Waals surface area contributed by atoms with E-state index in [2.05, 4.69) is 23.3 Å². The third-order valence-corrected chi connectivity index (χ3v) is 10.5. The molecule has 8 nitrogen and oxygen atoms in total. The van der Waals surface area contributed by atoms with Gasteiger partial charge in [0, 0.05) is 0 Å². The van der Waals surface area contributed by atoms with E-state index in [1.54, 1.807) is 62.4 Å². The molecular formula is C31H48N2O6S2. The van der Waals surface area contributed by atoms with Gasteiger partial charge < -0.3 is 9.47 Å². The van der Waals surface area contributed by atoms with E-state index in [1.807, 2.05) is 13.8 Å². The van der Waals surface area contributed by atoms with Crippen molar-refractivity contribution in [1.82, 2.24) is 9.44 Å². The van der Waals surface area contributed by atoms with E-state index in [1.165, 1.54) is 0 Å². The first kappa shape index (κ1) is 33.7. The molecule has 1 saturated heterocycles. The van der Waals surface area contributed by atoms with Crippen LogP contribution in [-0.2, 0) is 29.5 Å². The maximum atomic E-state index is 13.5. The highest BCUT2D eigenvalue weighted by Gasteiger charge is 2.49. The molecule has 0 aromatic heterocycles. The normalized spacial score (nSPS) is 20.6. The van der Waals surface area contributed by atoms with Crippen molar-refractivity contribution in [3.63, 3.8) is 0 Å². The van der Waals surface area contributed by atoms with Gasteiger partial charge in [0.1, 0.15) is 12.2 Å².